The van der Waals surface area contributed by atoms with Crippen LogP contribution in [0, 0.1) is 13.8 Å². The number of nitrogens with zero attached hydrogens (tertiary/aromatic N) is 2. The number of rotatable bonds is 5. The van der Waals surface area contributed by atoms with Gasteiger partial charge in [-0.2, -0.15) is 4.98 Å². The van der Waals surface area contributed by atoms with Crippen LogP contribution >= 0.6 is 0 Å². The fraction of sp³-hybridized carbons (Fsp3) is 0.267. The van der Waals surface area contributed by atoms with Crippen LogP contribution in [0.1, 0.15) is 11.1 Å². The number of methoxy groups -OCH3 is 1. The molecule has 1 heterocycles. The van der Waals surface area contributed by atoms with Crippen LogP contribution in [0.3, 0.4) is 0 Å². The third-order valence-electron chi connectivity index (χ3n) is 2.99. The number of hydrogen-bond acceptors (Lipinski definition) is 5. The first-order chi connectivity index (χ1) is 10.1. The summed E-state index contributed by atoms with van der Waals surface area (Å²) in [6.45, 7) is 4.00. The van der Waals surface area contributed by atoms with E-state index in [0.717, 1.165) is 16.8 Å². The third-order valence-corrected chi connectivity index (χ3v) is 2.99. The van der Waals surface area contributed by atoms with Crippen molar-refractivity contribution in [3.05, 3.63) is 41.6 Å². The van der Waals surface area contributed by atoms with Crippen molar-refractivity contribution in [2.24, 2.45) is 0 Å². The van der Waals surface area contributed by atoms with Crippen molar-refractivity contribution in [3.8, 4) is 5.88 Å². The van der Waals surface area contributed by atoms with Crippen LogP contribution in [0.25, 0.3) is 0 Å². The van der Waals surface area contributed by atoms with Crippen LogP contribution in [0.4, 0.5) is 11.6 Å². The first-order valence-corrected chi connectivity index (χ1v) is 6.57. The number of anilines is 2. The molecule has 0 fully saturated rings. The number of carbonyl (C=O) groups excluding carboxylic acids is 1. The Hall–Kier alpha value is -2.63. The Morgan fingerprint density at radius 1 is 1.24 bits per heavy atom. The number of amides is 1. The lowest BCUT2D eigenvalue weighted by Gasteiger charge is -2.12. The monoisotopic (exact) mass is 286 g/mol. The summed E-state index contributed by atoms with van der Waals surface area (Å²) in [6, 6.07) is 7.52. The zero-order valence-electron chi connectivity index (χ0n) is 12.3. The minimum Gasteiger partial charge on any atom is -0.481 e. The molecule has 0 unspecified atom stereocenters. The Morgan fingerprint density at radius 2 is 1.95 bits per heavy atom. The summed E-state index contributed by atoms with van der Waals surface area (Å²) >= 11 is 0. The molecule has 1 aromatic heterocycles. The van der Waals surface area contributed by atoms with Crippen molar-refractivity contribution < 1.29 is 9.53 Å². The molecule has 2 rings (SSSR count). The minimum absolute atomic E-state index is 0.0843. The smallest absolute Gasteiger partial charge is 0.243 e. The second kappa shape index (κ2) is 6.69. The highest BCUT2D eigenvalue weighted by molar-refractivity contribution is 5.94. The lowest BCUT2D eigenvalue weighted by molar-refractivity contribution is -0.114. The standard InChI is InChI=1S/C15H18N4O2/c1-10-5-4-6-11(2)14(10)18-12(20)9-17-15-16-8-7-13(19-15)21-3/h4-8H,9H2,1-3H3,(H,18,20)(H,16,17,19). The fourth-order valence-electron chi connectivity index (χ4n) is 1.90. The van der Waals surface area contributed by atoms with Crippen LogP contribution in [-0.4, -0.2) is 29.5 Å². The Morgan fingerprint density at radius 3 is 2.62 bits per heavy atom. The predicted octanol–water partition coefficient (Wildman–Crippen LogP) is 2.15. The summed E-state index contributed by atoms with van der Waals surface area (Å²) in [5.74, 6) is 0.646. The van der Waals surface area contributed by atoms with Crippen LogP contribution in [0.5, 0.6) is 5.88 Å². The van der Waals surface area contributed by atoms with Crippen molar-refractivity contribution >= 4 is 17.5 Å². The summed E-state index contributed by atoms with van der Waals surface area (Å²) in [6.07, 6.45) is 1.57. The first kappa shape index (κ1) is 14.8. The van der Waals surface area contributed by atoms with E-state index in [1.54, 1.807) is 12.3 Å². The molecule has 2 N–H and O–H groups in total. The molecule has 2 aromatic rings. The SMILES string of the molecule is COc1ccnc(NCC(=O)Nc2c(C)cccc2C)n1. The van der Waals surface area contributed by atoms with Gasteiger partial charge in [0, 0.05) is 18.0 Å². The number of ether oxygens (including phenoxy) is 1. The summed E-state index contributed by atoms with van der Waals surface area (Å²) in [5.41, 5.74) is 2.90. The topological polar surface area (TPSA) is 76.1 Å². The van der Waals surface area contributed by atoms with Crippen molar-refractivity contribution in [3.63, 3.8) is 0 Å². The number of aryl methyl sites for hydroxylation is 2. The van der Waals surface area contributed by atoms with Gasteiger partial charge < -0.3 is 15.4 Å². The summed E-state index contributed by atoms with van der Waals surface area (Å²) in [4.78, 5) is 20.1. The first-order valence-electron chi connectivity index (χ1n) is 6.57. The molecular formula is C15H18N4O2. The molecule has 6 nitrogen and oxygen atoms in total. The lowest BCUT2D eigenvalue weighted by Crippen LogP contribution is -2.23. The van der Waals surface area contributed by atoms with Crippen LogP contribution in [0.2, 0.25) is 0 Å². The van der Waals surface area contributed by atoms with Crippen molar-refractivity contribution in [2.75, 3.05) is 24.3 Å². The molecule has 1 aromatic carbocycles. The predicted molar refractivity (Wildman–Crippen MR) is 81.6 cm³/mol. The van der Waals surface area contributed by atoms with Crippen LogP contribution in [0.15, 0.2) is 30.5 Å². The van der Waals surface area contributed by atoms with Crippen molar-refractivity contribution in [1.82, 2.24) is 9.97 Å². The Balaban J connectivity index is 1.96. The number of aromatic nitrogens is 2. The Bertz CT molecular complexity index is 623. The number of para-hydroxylation sites is 1. The minimum atomic E-state index is -0.154. The highest BCUT2D eigenvalue weighted by Gasteiger charge is 2.08. The molecule has 1 amide bonds. The van der Waals surface area contributed by atoms with Gasteiger partial charge in [-0.1, -0.05) is 18.2 Å². The second-order valence-electron chi connectivity index (χ2n) is 4.59. The van der Waals surface area contributed by atoms with E-state index in [2.05, 4.69) is 20.6 Å². The molecule has 0 saturated carbocycles. The average Bonchev–Trinajstić information content (AvgIpc) is 2.49. The van der Waals surface area contributed by atoms with E-state index in [4.69, 9.17) is 4.74 Å². The maximum atomic E-state index is 12.0. The normalized spacial score (nSPS) is 10.0. The van der Waals surface area contributed by atoms with Gasteiger partial charge in [0.25, 0.3) is 0 Å². The molecule has 0 atom stereocenters. The quantitative estimate of drug-likeness (QED) is 0.880. The Kier molecular flexibility index (Phi) is 4.71. The van der Waals surface area contributed by atoms with Gasteiger partial charge in [-0.3, -0.25) is 4.79 Å². The second-order valence-corrected chi connectivity index (χ2v) is 4.59. The molecule has 0 aliphatic rings. The van der Waals surface area contributed by atoms with Gasteiger partial charge >= 0.3 is 0 Å². The summed E-state index contributed by atoms with van der Waals surface area (Å²) in [7, 11) is 1.53. The van der Waals surface area contributed by atoms with Crippen molar-refractivity contribution in [2.45, 2.75) is 13.8 Å². The van der Waals surface area contributed by atoms with Crippen LogP contribution in [-0.2, 0) is 4.79 Å². The molecule has 0 bridgehead atoms. The maximum absolute atomic E-state index is 12.0. The van der Waals surface area contributed by atoms with E-state index in [1.807, 2.05) is 32.0 Å². The lowest BCUT2D eigenvalue weighted by atomic mass is 10.1. The Labute approximate surface area is 123 Å². The maximum Gasteiger partial charge on any atom is 0.243 e. The van der Waals surface area contributed by atoms with Gasteiger partial charge in [-0.15, -0.1) is 0 Å². The molecule has 0 aliphatic heterocycles. The van der Waals surface area contributed by atoms with E-state index in [0.29, 0.717) is 11.8 Å². The molecule has 110 valence electrons. The molecule has 0 spiro atoms. The van der Waals surface area contributed by atoms with E-state index in [1.165, 1.54) is 7.11 Å². The van der Waals surface area contributed by atoms with Gasteiger partial charge in [0.2, 0.25) is 17.7 Å². The van der Waals surface area contributed by atoms with E-state index < -0.39 is 0 Å². The van der Waals surface area contributed by atoms with Gasteiger partial charge in [0.15, 0.2) is 0 Å². The zero-order valence-corrected chi connectivity index (χ0v) is 12.3. The third kappa shape index (κ3) is 3.92. The van der Waals surface area contributed by atoms with Crippen molar-refractivity contribution in [1.29, 1.82) is 0 Å². The molecule has 0 radical (unpaired) electrons. The number of hydrogen-bond donors (Lipinski definition) is 2. The zero-order chi connectivity index (χ0) is 15.2. The van der Waals surface area contributed by atoms with Gasteiger partial charge in [-0.05, 0) is 25.0 Å². The average molecular weight is 286 g/mol. The number of nitrogens with one attached hydrogen (secondary N) is 2. The molecular weight excluding hydrogens is 268 g/mol. The van der Waals surface area contributed by atoms with Gasteiger partial charge in [-0.25, -0.2) is 4.98 Å². The van der Waals surface area contributed by atoms with E-state index >= 15 is 0 Å². The van der Waals surface area contributed by atoms with Gasteiger partial charge in [0.05, 0.1) is 13.7 Å². The summed E-state index contributed by atoms with van der Waals surface area (Å²) in [5, 5.41) is 5.75. The highest BCUT2D eigenvalue weighted by Crippen LogP contribution is 2.19. The molecule has 6 heteroatoms. The molecule has 21 heavy (non-hydrogen) atoms. The molecule has 0 aliphatic carbocycles. The van der Waals surface area contributed by atoms with E-state index in [-0.39, 0.29) is 12.5 Å². The van der Waals surface area contributed by atoms with Gasteiger partial charge in [0.1, 0.15) is 0 Å². The fourth-order valence-corrected chi connectivity index (χ4v) is 1.90. The highest BCUT2D eigenvalue weighted by atomic mass is 16.5. The summed E-state index contributed by atoms with van der Waals surface area (Å²) < 4.78 is 5.00. The van der Waals surface area contributed by atoms with E-state index in [9.17, 15) is 4.79 Å². The molecule has 0 saturated heterocycles. The largest absolute Gasteiger partial charge is 0.481 e. The number of benzene rings is 1. The van der Waals surface area contributed by atoms with Crippen LogP contribution < -0.4 is 15.4 Å². The number of carbonyl (C=O) groups is 1.